The molecule has 0 saturated heterocycles. The Morgan fingerprint density at radius 3 is 1.89 bits per heavy atom. The van der Waals surface area contributed by atoms with E-state index in [0.29, 0.717) is 6.42 Å². The zero-order chi connectivity index (χ0) is 13.5. The Bertz CT molecular complexity index is 195. The Labute approximate surface area is 143 Å². The van der Waals surface area contributed by atoms with Gasteiger partial charge >= 0.3 is 29.6 Å². The molecule has 3 nitrogen and oxygen atoms in total. The second-order valence-electron chi connectivity index (χ2n) is 5.05. The van der Waals surface area contributed by atoms with E-state index >= 15 is 0 Å². The standard InChI is InChI=1S/C15H32N2O.Na.H/c1-3-5-6-7-8-9-10-11-12-13-15(18)17-16-14-4-2;;/h16H,3-14H2,1-2H3,(H,17,18);;/q;+1;-1. The normalized spacial score (nSPS) is 10.0. The molecule has 4 heteroatoms. The van der Waals surface area contributed by atoms with E-state index in [-0.39, 0.29) is 36.9 Å². The maximum atomic E-state index is 11.4. The van der Waals surface area contributed by atoms with Gasteiger partial charge in [0.25, 0.3) is 0 Å². The number of rotatable bonds is 13. The molecule has 0 aliphatic rings. The van der Waals surface area contributed by atoms with Gasteiger partial charge in [-0.05, 0) is 12.8 Å². The van der Waals surface area contributed by atoms with Crippen LogP contribution in [0, 0.1) is 0 Å². The number of hydrogen-bond acceptors (Lipinski definition) is 2. The first kappa shape index (κ1) is 21.7. The molecule has 0 heterocycles. The van der Waals surface area contributed by atoms with Gasteiger partial charge in [-0.3, -0.25) is 10.2 Å². The third-order valence-electron chi connectivity index (χ3n) is 3.11. The molecule has 0 rings (SSSR count). The van der Waals surface area contributed by atoms with E-state index in [2.05, 4.69) is 24.7 Å². The van der Waals surface area contributed by atoms with Crippen LogP contribution in [0.15, 0.2) is 0 Å². The summed E-state index contributed by atoms with van der Waals surface area (Å²) in [5.74, 6) is 0.131. The Morgan fingerprint density at radius 2 is 1.37 bits per heavy atom. The van der Waals surface area contributed by atoms with Crippen molar-refractivity contribution in [2.75, 3.05) is 6.54 Å². The van der Waals surface area contributed by atoms with E-state index in [1.165, 1.54) is 51.4 Å². The number of nitrogens with one attached hydrogen (secondary N) is 2. The third kappa shape index (κ3) is 18.4. The molecule has 2 N–H and O–H groups in total. The van der Waals surface area contributed by atoms with Gasteiger partial charge in [-0.15, -0.1) is 0 Å². The van der Waals surface area contributed by atoms with Gasteiger partial charge in [-0.1, -0.05) is 65.2 Å². The van der Waals surface area contributed by atoms with E-state index in [1.807, 2.05) is 0 Å². The first-order valence-electron chi connectivity index (χ1n) is 7.83. The predicted molar refractivity (Wildman–Crippen MR) is 79.4 cm³/mol. The zero-order valence-electron chi connectivity index (χ0n) is 14.4. The van der Waals surface area contributed by atoms with Crippen LogP contribution in [0.4, 0.5) is 0 Å². The van der Waals surface area contributed by atoms with Crippen molar-refractivity contribution in [2.24, 2.45) is 0 Å². The molecule has 0 aromatic heterocycles. The molecule has 0 spiro atoms. The molecule has 0 aromatic carbocycles. The molecule has 0 fully saturated rings. The largest absolute Gasteiger partial charge is 1.00 e. The molecule has 0 aromatic rings. The van der Waals surface area contributed by atoms with Crippen molar-refractivity contribution >= 4 is 5.91 Å². The summed E-state index contributed by atoms with van der Waals surface area (Å²) in [5.41, 5.74) is 5.64. The molecule has 110 valence electrons. The van der Waals surface area contributed by atoms with Gasteiger partial charge in [0, 0.05) is 13.0 Å². The van der Waals surface area contributed by atoms with Gasteiger partial charge in [-0.25, -0.2) is 5.43 Å². The second kappa shape index (κ2) is 18.4. The molecule has 0 aliphatic carbocycles. The van der Waals surface area contributed by atoms with Crippen LogP contribution in [0.1, 0.15) is 85.9 Å². The van der Waals surface area contributed by atoms with Gasteiger partial charge in [-0.2, -0.15) is 0 Å². The van der Waals surface area contributed by atoms with Crippen LogP contribution < -0.4 is 40.4 Å². The summed E-state index contributed by atoms with van der Waals surface area (Å²) in [7, 11) is 0. The maximum Gasteiger partial charge on any atom is 1.00 e. The Balaban J connectivity index is -0.00000144. The SMILES string of the molecule is CCCCCCCCCCCC(=O)NNCCC.[H-].[Na+]. The summed E-state index contributed by atoms with van der Waals surface area (Å²) in [6.07, 6.45) is 13.4. The van der Waals surface area contributed by atoms with Crippen LogP contribution in [0.3, 0.4) is 0 Å². The monoisotopic (exact) mass is 280 g/mol. The fourth-order valence-corrected chi connectivity index (χ4v) is 1.94. The molecule has 0 bridgehead atoms. The molecule has 0 saturated carbocycles. The first-order chi connectivity index (χ1) is 8.81. The number of carbonyl (C=O) groups excluding carboxylic acids is 1. The molecule has 0 radical (unpaired) electrons. The zero-order valence-corrected chi connectivity index (χ0v) is 15.4. The fourth-order valence-electron chi connectivity index (χ4n) is 1.94. The number of hydrogen-bond donors (Lipinski definition) is 2. The summed E-state index contributed by atoms with van der Waals surface area (Å²) in [6, 6.07) is 0. The van der Waals surface area contributed by atoms with E-state index < -0.39 is 0 Å². The van der Waals surface area contributed by atoms with E-state index in [0.717, 1.165) is 19.4 Å². The summed E-state index contributed by atoms with van der Waals surface area (Å²) in [5, 5.41) is 0. The van der Waals surface area contributed by atoms with Crippen molar-refractivity contribution < 1.29 is 35.8 Å². The number of unbranched alkanes of at least 4 members (excludes halogenated alkanes) is 8. The molecule has 0 atom stereocenters. The first-order valence-corrected chi connectivity index (χ1v) is 7.83. The minimum atomic E-state index is 0. The van der Waals surface area contributed by atoms with Crippen molar-refractivity contribution in [2.45, 2.75) is 84.5 Å². The summed E-state index contributed by atoms with van der Waals surface area (Å²) in [4.78, 5) is 11.4. The topological polar surface area (TPSA) is 41.1 Å². The Hall–Kier alpha value is 0.430. The second-order valence-corrected chi connectivity index (χ2v) is 5.05. The molecule has 0 aliphatic heterocycles. The van der Waals surface area contributed by atoms with Crippen LogP contribution in [0.5, 0.6) is 0 Å². The van der Waals surface area contributed by atoms with Crippen LogP contribution >= 0.6 is 0 Å². The van der Waals surface area contributed by atoms with Gasteiger partial charge in [0.1, 0.15) is 0 Å². The third-order valence-corrected chi connectivity index (χ3v) is 3.11. The average molecular weight is 280 g/mol. The van der Waals surface area contributed by atoms with Gasteiger partial charge < -0.3 is 1.43 Å². The van der Waals surface area contributed by atoms with Crippen molar-refractivity contribution in [1.82, 2.24) is 10.9 Å². The van der Waals surface area contributed by atoms with E-state index in [1.54, 1.807) is 0 Å². The van der Waals surface area contributed by atoms with E-state index in [4.69, 9.17) is 0 Å². The van der Waals surface area contributed by atoms with Crippen molar-refractivity contribution in [3.8, 4) is 0 Å². The number of hydrazine groups is 1. The minimum Gasteiger partial charge on any atom is -1.00 e. The summed E-state index contributed by atoms with van der Waals surface area (Å²) in [6.45, 7) is 5.18. The van der Waals surface area contributed by atoms with Crippen LogP contribution in [-0.2, 0) is 4.79 Å². The fraction of sp³-hybridized carbons (Fsp3) is 0.933. The van der Waals surface area contributed by atoms with Gasteiger partial charge in [0.05, 0.1) is 0 Å². The predicted octanol–water partition coefficient (Wildman–Crippen LogP) is 1.05. The van der Waals surface area contributed by atoms with Gasteiger partial charge in [0.2, 0.25) is 5.91 Å². The summed E-state index contributed by atoms with van der Waals surface area (Å²) >= 11 is 0. The molecular formula is C15H33N2NaO. The number of amides is 1. The van der Waals surface area contributed by atoms with Gasteiger partial charge in [0.15, 0.2) is 0 Å². The smallest absolute Gasteiger partial charge is 1.00 e. The van der Waals surface area contributed by atoms with Crippen molar-refractivity contribution in [3.05, 3.63) is 0 Å². The van der Waals surface area contributed by atoms with Crippen molar-refractivity contribution in [1.29, 1.82) is 0 Å². The summed E-state index contributed by atoms with van der Waals surface area (Å²) < 4.78 is 0. The quantitative estimate of drug-likeness (QED) is 0.301. The molecule has 19 heavy (non-hydrogen) atoms. The van der Waals surface area contributed by atoms with E-state index in [9.17, 15) is 4.79 Å². The Kier molecular flexibility index (Phi) is 21.1. The Morgan fingerprint density at radius 1 is 0.842 bits per heavy atom. The number of carbonyl (C=O) groups is 1. The maximum absolute atomic E-state index is 11.4. The molecule has 1 amide bonds. The molecular weight excluding hydrogens is 247 g/mol. The minimum absolute atomic E-state index is 0. The van der Waals surface area contributed by atoms with Crippen LogP contribution in [0.2, 0.25) is 0 Å². The van der Waals surface area contributed by atoms with Crippen molar-refractivity contribution in [3.63, 3.8) is 0 Å². The molecule has 0 unspecified atom stereocenters. The average Bonchev–Trinajstić information content (AvgIpc) is 2.37. The van der Waals surface area contributed by atoms with Crippen LogP contribution in [0.25, 0.3) is 0 Å². The van der Waals surface area contributed by atoms with Crippen LogP contribution in [-0.4, -0.2) is 12.5 Å².